The van der Waals surface area contributed by atoms with Gasteiger partial charge in [0.25, 0.3) is 0 Å². The Balaban J connectivity index is 6.68. The second kappa shape index (κ2) is 15.9. The third-order valence-corrected chi connectivity index (χ3v) is 30.8. The van der Waals surface area contributed by atoms with Crippen molar-refractivity contribution in [1.29, 1.82) is 0 Å². The van der Waals surface area contributed by atoms with E-state index in [1.807, 2.05) is 6.08 Å². The number of hydrogen-bond acceptors (Lipinski definition) is 2. The first-order valence-electron chi connectivity index (χ1n) is 14.9. The summed E-state index contributed by atoms with van der Waals surface area (Å²) in [4.78, 5) is 0. The van der Waals surface area contributed by atoms with Crippen LogP contribution in [0, 0.1) is 9.86 Å². The molecule has 36 heavy (non-hydrogen) atoms. The molecule has 0 radical (unpaired) electrons. The fraction of sp³-hybridized carbons (Fsp3) is 0.871. The van der Waals surface area contributed by atoms with Crippen LogP contribution in [0.5, 0.6) is 0 Å². The topological polar surface area (TPSA) is 18.5 Å². The predicted molar refractivity (Wildman–Crippen MR) is 172 cm³/mol. The molecule has 0 aromatic carbocycles. The van der Waals surface area contributed by atoms with Gasteiger partial charge < -0.3 is 0 Å². The van der Waals surface area contributed by atoms with Crippen LogP contribution in [-0.4, -0.2) is 47.2 Å². The Kier molecular flexibility index (Phi) is 16.1. The van der Waals surface area contributed by atoms with Crippen LogP contribution in [0.15, 0.2) is 12.7 Å². The maximum absolute atomic E-state index is 7.13. The Morgan fingerprint density at radius 3 is 1.47 bits per heavy atom. The van der Waals surface area contributed by atoms with E-state index in [1.54, 1.807) is 0 Å². The molecule has 0 spiro atoms. The Morgan fingerprint density at radius 1 is 0.750 bits per heavy atom. The van der Waals surface area contributed by atoms with Crippen molar-refractivity contribution in [2.75, 3.05) is 0 Å². The quantitative estimate of drug-likeness (QED) is 0.0947. The van der Waals surface area contributed by atoms with Gasteiger partial charge in [-0.3, -0.25) is 0 Å². The molecule has 0 heterocycles. The Labute approximate surface area is 234 Å². The zero-order valence-corrected chi connectivity index (χ0v) is 31.7. The molecule has 0 aromatic heterocycles. The Hall–Kier alpha value is 0.452. The van der Waals surface area contributed by atoms with E-state index in [0.717, 1.165) is 6.42 Å². The summed E-state index contributed by atoms with van der Waals surface area (Å²) < 4.78 is 22.5. The van der Waals surface area contributed by atoms with E-state index in [1.165, 1.54) is 51.8 Å². The van der Waals surface area contributed by atoms with Crippen molar-refractivity contribution in [3.8, 4) is 9.86 Å². The Morgan fingerprint density at radius 2 is 1.14 bits per heavy atom. The van der Waals surface area contributed by atoms with E-state index in [0.29, 0.717) is 0 Å². The monoisotopic (exact) mass is 644 g/mol. The van der Waals surface area contributed by atoms with E-state index >= 15 is 0 Å². The zero-order chi connectivity index (χ0) is 28.3. The molecular formula is C31H64O2Si2Sn. The third-order valence-electron chi connectivity index (χ3n) is 8.72. The summed E-state index contributed by atoms with van der Waals surface area (Å²) in [7, 11) is -4.02. The summed E-state index contributed by atoms with van der Waals surface area (Å²) in [6.45, 7) is 34.5. The van der Waals surface area contributed by atoms with E-state index in [2.05, 4.69) is 105 Å². The third kappa shape index (κ3) is 12.1. The molecule has 0 saturated carbocycles. The molecule has 0 unspecified atom stereocenters. The van der Waals surface area contributed by atoms with Crippen molar-refractivity contribution >= 4 is 35.0 Å². The second-order valence-corrected chi connectivity index (χ2v) is 35.9. The molecule has 0 aliphatic carbocycles. The van der Waals surface area contributed by atoms with Crippen molar-refractivity contribution < 1.29 is 8.85 Å². The van der Waals surface area contributed by atoms with Gasteiger partial charge in [0.2, 0.25) is 0 Å². The van der Waals surface area contributed by atoms with Crippen molar-refractivity contribution in [1.82, 2.24) is 0 Å². The Bertz CT molecular complexity index is 670. The average Bonchev–Trinajstić information content (AvgIpc) is 2.75. The van der Waals surface area contributed by atoms with Crippen LogP contribution in [-0.2, 0) is 8.85 Å². The van der Waals surface area contributed by atoms with Gasteiger partial charge in [-0.05, 0) is 0 Å². The number of unbranched alkanes of at least 4 members (excludes halogenated alkanes) is 3. The SMILES string of the molecule is C=CC[C@@H](O[Si](C)(C)C(C)(C)C)[C@@H](C#[C][Sn]([CH2]CCC)([CH2]CCC)[CH2]CCC)O[Si](C)(C)C(C)(C)C. The van der Waals surface area contributed by atoms with Gasteiger partial charge in [0.15, 0.2) is 0 Å². The van der Waals surface area contributed by atoms with Gasteiger partial charge in [0, 0.05) is 0 Å². The number of rotatable bonds is 16. The fourth-order valence-corrected chi connectivity index (χ4v) is 19.8. The van der Waals surface area contributed by atoms with Gasteiger partial charge in [0.05, 0.1) is 0 Å². The molecule has 2 atom stereocenters. The molecule has 0 N–H and O–H groups in total. The van der Waals surface area contributed by atoms with Gasteiger partial charge >= 0.3 is 235 Å². The predicted octanol–water partition coefficient (Wildman–Crippen LogP) is 10.7. The van der Waals surface area contributed by atoms with Crippen LogP contribution in [0.4, 0.5) is 0 Å². The normalized spacial score (nSPS) is 15.2. The first kappa shape index (κ1) is 36.5. The van der Waals surface area contributed by atoms with Crippen molar-refractivity contribution in [3.05, 3.63) is 12.7 Å². The molecule has 0 aromatic rings. The second-order valence-electron chi connectivity index (χ2n) is 14.1. The minimum atomic E-state index is -2.62. The molecule has 0 amide bonds. The fourth-order valence-electron chi connectivity index (χ4n) is 3.98. The van der Waals surface area contributed by atoms with Crippen molar-refractivity contribution in [2.45, 2.75) is 169 Å². The van der Waals surface area contributed by atoms with Crippen LogP contribution in [0.25, 0.3) is 0 Å². The van der Waals surface area contributed by atoms with Crippen LogP contribution < -0.4 is 0 Å². The molecule has 0 fully saturated rings. The summed E-state index contributed by atoms with van der Waals surface area (Å²) in [5, 5.41) is 0.281. The first-order chi connectivity index (χ1) is 16.4. The molecule has 2 nitrogen and oxygen atoms in total. The minimum absolute atomic E-state index is 0.0440. The molecule has 212 valence electrons. The van der Waals surface area contributed by atoms with Gasteiger partial charge in [-0.1, -0.05) is 0 Å². The number of hydrogen-bond donors (Lipinski definition) is 0. The summed E-state index contributed by atoms with van der Waals surface area (Å²) >= 11 is -2.62. The van der Waals surface area contributed by atoms with Gasteiger partial charge in [0.1, 0.15) is 0 Å². The van der Waals surface area contributed by atoms with Gasteiger partial charge in [-0.2, -0.15) is 0 Å². The summed E-state index contributed by atoms with van der Waals surface area (Å²) in [5.74, 6) is 3.88. The molecule has 0 rings (SSSR count). The van der Waals surface area contributed by atoms with E-state index in [9.17, 15) is 0 Å². The van der Waals surface area contributed by atoms with Crippen LogP contribution in [0.3, 0.4) is 0 Å². The molecule has 5 heteroatoms. The standard InChI is InChI=1S/C19H37O2Si2.3C4H9.Sn/c1-13-15-17(21-23(11,12)19(6,7)8)16(14-2)20-22(9,10)18(3,4)5;3*1-3-4-2;/h13,16-17H,1,15H2,3-12H3;3*1,3-4H2,2H3;/t16-,17-;;;;/m1..../s1. The maximum atomic E-state index is 7.13. The van der Waals surface area contributed by atoms with Crippen LogP contribution >= 0.6 is 0 Å². The molecule has 0 aliphatic heterocycles. The molecule has 0 saturated heterocycles. The van der Waals surface area contributed by atoms with Crippen molar-refractivity contribution in [3.63, 3.8) is 0 Å². The zero-order valence-electron chi connectivity index (χ0n) is 26.8. The van der Waals surface area contributed by atoms with E-state index in [4.69, 9.17) is 8.85 Å². The summed E-state index contributed by atoms with van der Waals surface area (Å²) in [6.07, 6.45) is 10.4. The molecular weight excluding hydrogens is 579 g/mol. The summed E-state index contributed by atoms with van der Waals surface area (Å²) in [6, 6.07) is 0. The summed E-state index contributed by atoms with van der Waals surface area (Å²) in [5.41, 5.74) is 0. The molecule has 0 aliphatic rings. The van der Waals surface area contributed by atoms with Gasteiger partial charge in [-0.25, -0.2) is 0 Å². The van der Waals surface area contributed by atoms with E-state index < -0.39 is 35.0 Å². The van der Waals surface area contributed by atoms with Crippen LogP contribution in [0.2, 0.25) is 49.6 Å². The van der Waals surface area contributed by atoms with Crippen LogP contribution in [0.1, 0.15) is 107 Å². The first-order valence-corrected chi connectivity index (χ1v) is 28.2. The van der Waals surface area contributed by atoms with E-state index in [-0.39, 0.29) is 22.3 Å². The van der Waals surface area contributed by atoms with Crippen molar-refractivity contribution in [2.24, 2.45) is 0 Å². The van der Waals surface area contributed by atoms with Gasteiger partial charge in [-0.15, -0.1) is 0 Å². The molecule has 0 bridgehead atoms. The average molecular weight is 644 g/mol.